The van der Waals surface area contributed by atoms with Crippen molar-refractivity contribution in [1.82, 2.24) is 19.8 Å². The fourth-order valence-electron chi connectivity index (χ4n) is 3.34. The van der Waals surface area contributed by atoms with Crippen LogP contribution in [0.4, 0.5) is 0 Å². The van der Waals surface area contributed by atoms with Crippen LogP contribution in [0.25, 0.3) is 0 Å². The van der Waals surface area contributed by atoms with E-state index in [1.165, 1.54) is 0 Å². The fraction of sp³-hybridized carbons (Fsp3) is 0.474. The molecule has 0 unspecified atom stereocenters. The van der Waals surface area contributed by atoms with Gasteiger partial charge in [-0.25, -0.2) is 4.98 Å². The third-order valence-corrected chi connectivity index (χ3v) is 4.77. The van der Waals surface area contributed by atoms with Crippen LogP contribution >= 0.6 is 0 Å². The number of methoxy groups -OCH3 is 1. The van der Waals surface area contributed by atoms with Crippen LogP contribution in [0.15, 0.2) is 43.0 Å². The molecule has 6 heteroatoms. The van der Waals surface area contributed by atoms with Crippen molar-refractivity contribution in [2.75, 3.05) is 26.7 Å². The van der Waals surface area contributed by atoms with Gasteiger partial charge < -0.3 is 14.6 Å². The van der Waals surface area contributed by atoms with Gasteiger partial charge in [-0.3, -0.25) is 9.69 Å². The highest BCUT2D eigenvalue weighted by molar-refractivity contribution is 5.78. The maximum absolute atomic E-state index is 12.3. The number of aromatic nitrogens is 2. The molecule has 3 rings (SSSR count). The molecular weight excluding hydrogens is 316 g/mol. The number of likely N-dealkylation sites (tertiary alicyclic amines) is 1. The van der Waals surface area contributed by atoms with Crippen molar-refractivity contribution in [3.63, 3.8) is 0 Å². The Labute approximate surface area is 148 Å². The first-order chi connectivity index (χ1) is 12.3. The summed E-state index contributed by atoms with van der Waals surface area (Å²) < 4.78 is 7.38. The molecule has 25 heavy (non-hydrogen) atoms. The van der Waals surface area contributed by atoms with Crippen molar-refractivity contribution in [3.05, 3.63) is 54.1 Å². The van der Waals surface area contributed by atoms with Crippen LogP contribution in [-0.2, 0) is 22.7 Å². The summed E-state index contributed by atoms with van der Waals surface area (Å²) >= 11 is 0. The van der Waals surface area contributed by atoms with Crippen LogP contribution in [0.2, 0.25) is 0 Å². The molecule has 2 heterocycles. The van der Waals surface area contributed by atoms with Gasteiger partial charge in [-0.15, -0.1) is 0 Å². The SMILES string of the molecule is COCc1ccccc1CNC(=O)CN1CCC(n2ccnc2)CC1. The Morgan fingerprint density at radius 1 is 1.28 bits per heavy atom. The molecule has 0 spiro atoms. The minimum absolute atomic E-state index is 0.0771. The first-order valence-corrected chi connectivity index (χ1v) is 8.78. The van der Waals surface area contributed by atoms with Gasteiger partial charge in [0.2, 0.25) is 5.91 Å². The van der Waals surface area contributed by atoms with Gasteiger partial charge in [0, 0.05) is 45.2 Å². The largest absolute Gasteiger partial charge is 0.380 e. The van der Waals surface area contributed by atoms with E-state index in [1.54, 1.807) is 7.11 Å². The molecular formula is C19H26N4O2. The third kappa shape index (κ3) is 4.90. The normalized spacial score (nSPS) is 16.0. The molecule has 2 aromatic rings. The van der Waals surface area contributed by atoms with E-state index in [9.17, 15) is 4.79 Å². The molecule has 1 aromatic heterocycles. The number of nitrogens with zero attached hydrogens (tertiary/aromatic N) is 3. The van der Waals surface area contributed by atoms with Crippen molar-refractivity contribution in [2.24, 2.45) is 0 Å². The lowest BCUT2D eigenvalue weighted by Crippen LogP contribution is -2.41. The van der Waals surface area contributed by atoms with E-state index >= 15 is 0 Å². The summed E-state index contributed by atoms with van der Waals surface area (Å²) in [6.07, 6.45) is 7.83. The van der Waals surface area contributed by atoms with Gasteiger partial charge in [-0.1, -0.05) is 24.3 Å². The summed E-state index contributed by atoms with van der Waals surface area (Å²) in [5.74, 6) is 0.0771. The van der Waals surface area contributed by atoms with Crippen LogP contribution < -0.4 is 5.32 Å². The highest BCUT2D eigenvalue weighted by Crippen LogP contribution is 2.21. The molecule has 1 aromatic carbocycles. The zero-order chi connectivity index (χ0) is 17.5. The molecule has 1 amide bonds. The van der Waals surface area contributed by atoms with Crippen molar-refractivity contribution in [1.29, 1.82) is 0 Å². The van der Waals surface area contributed by atoms with Gasteiger partial charge in [0.15, 0.2) is 0 Å². The molecule has 0 bridgehead atoms. The zero-order valence-corrected chi connectivity index (χ0v) is 14.7. The number of carbonyl (C=O) groups excluding carboxylic acids is 1. The second-order valence-corrected chi connectivity index (χ2v) is 6.50. The molecule has 6 nitrogen and oxygen atoms in total. The first kappa shape index (κ1) is 17.6. The number of piperidine rings is 1. The Morgan fingerprint density at radius 2 is 2.04 bits per heavy atom. The lowest BCUT2D eigenvalue weighted by molar-refractivity contribution is -0.122. The van der Waals surface area contributed by atoms with Crippen LogP contribution in [0, 0.1) is 0 Å². The number of amides is 1. The first-order valence-electron chi connectivity index (χ1n) is 8.78. The number of hydrogen-bond acceptors (Lipinski definition) is 4. The maximum Gasteiger partial charge on any atom is 0.234 e. The molecule has 0 atom stereocenters. The van der Waals surface area contributed by atoms with E-state index in [0.29, 0.717) is 25.7 Å². The predicted molar refractivity (Wildman–Crippen MR) is 95.9 cm³/mol. The quantitative estimate of drug-likeness (QED) is 0.836. The van der Waals surface area contributed by atoms with E-state index in [4.69, 9.17) is 4.74 Å². The zero-order valence-electron chi connectivity index (χ0n) is 14.7. The van der Waals surface area contributed by atoms with Gasteiger partial charge in [0.05, 0.1) is 19.5 Å². The van der Waals surface area contributed by atoms with Crippen molar-refractivity contribution >= 4 is 5.91 Å². The molecule has 1 aliphatic rings. The standard InChI is InChI=1S/C19H26N4O2/c1-25-14-17-5-3-2-4-16(17)12-21-19(24)13-22-9-6-18(7-10-22)23-11-8-20-15-23/h2-5,8,11,15,18H,6-7,9-10,12-14H2,1H3,(H,21,24). The van der Waals surface area contributed by atoms with Crippen LogP contribution in [0.3, 0.4) is 0 Å². The topological polar surface area (TPSA) is 59.4 Å². The predicted octanol–water partition coefficient (Wildman–Crippen LogP) is 1.98. The summed E-state index contributed by atoms with van der Waals surface area (Å²) in [5.41, 5.74) is 2.22. The van der Waals surface area contributed by atoms with Crippen LogP contribution in [0.1, 0.15) is 30.0 Å². The summed E-state index contributed by atoms with van der Waals surface area (Å²) in [5, 5.41) is 3.03. The Bertz CT molecular complexity index is 664. The highest BCUT2D eigenvalue weighted by Gasteiger charge is 2.21. The lowest BCUT2D eigenvalue weighted by Gasteiger charge is -2.32. The van der Waals surface area contributed by atoms with E-state index in [0.717, 1.165) is 37.1 Å². The number of imidazole rings is 1. The average Bonchev–Trinajstić information content (AvgIpc) is 3.17. The van der Waals surface area contributed by atoms with Crippen LogP contribution in [0.5, 0.6) is 0 Å². The van der Waals surface area contributed by atoms with Crippen molar-refractivity contribution in [3.8, 4) is 0 Å². The minimum atomic E-state index is 0.0771. The molecule has 134 valence electrons. The fourth-order valence-corrected chi connectivity index (χ4v) is 3.34. The Kier molecular flexibility index (Phi) is 6.19. The summed E-state index contributed by atoms with van der Waals surface area (Å²) in [6.45, 7) is 3.45. The number of carbonyl (C=O) groups is 1. The number of rotatable bonds is 7. The van der Waals surface area contributed by atoms with E-state index in [2.05, 4.69) is 19.8 Å². The maximum atomic E-state index is 12.3. The summed E-state index contributed by atoms with van der Waals surface area (Å²) in [7, 11) is 1.68. The molecule has 1 fully saturated rings. The molecule has 1 saturated heterocycles. The van der Waals surface area contributed by atoms with E-state index in [-0.39, 0.29) is 5.91 Å². The third-order valence-electron chi connectivity index (χ3n) is 4.77. The summed E-state index contributed by atoms with van der Waals surface area (Å²) in [6, 6.07) is 8.55. The van der Waals surface area contributed by atoms with Crippen molar-refractivity contribution in [2.45, 2.75) is 32.0 Å². The Morgan fingerprint density at radius 3 is 2.72 bits per heavy atom. The average molecular weight is 342 g/mol. The molecule has 0 radical (unpaired) electrons. The Balaban J connectivity index is 1.43. The molecule has 0 aliphatic carbocycles. The van der Waals surface area contributed by atoms with Gasteiger partial charge in [-0.05, 0) is 24.0 Å². The second kappa shape index (κ2) is 8.78. The van der Waals surface area contributed by atoms with E-state index in [1.807, 2.05) is 43.0 Å². The molecule has 0 saturated carbocycles. The molecule has 1 N–H and O–H groups in total. The highest BCUT2D eigenvalue weighted by atomic mass is 16.5. The number of benzene rings is 1. The number of ether oxygens (including phenoxy) is 1. The second-order valence-electron chi connectivity index (χ2n) is 6.50. The monoisotopic (exact) mass is 342 g/mol. The minimum Gasteiger partial charge on any atom is -0.380 e. The summed E-state index contributed by atoms with van der Waals surface area (Å²) in [4.78, 5) is 18.6. The molecule has 1 aliphatic heterocycles. The number of nitrogens with one attached hydrogen (secondary N) is 1. The van der Waals surface area contributed by atoms with Gasteiger partial charge in [-0.2, -0.15) is 0 Å². The van der Waals surface area contributed by atoms with Gasteiger partial charge in [0.25, 0.3) is 0 Å². The van der Waals surface area contributed by atoms with Crippen molar-refractivity contribution < 1.29 is 9.53 Å². The Hall–Kier alpha value is -2.18. The van der Waals surface area contributed by atoms with E-state index < -0.39 is 0 Å². The smallest absolute Gasteiger partial charge is 0.234 e. The lowest BCUT2D eigenvalue weighted by atomic mass is 10.0. The van der Waals surface area contributed by atoms with Gasteiger partial charge in [0.1, 0.15) is 0 Å². The van der Waals surface area contributed by atoms with Gasteiger partial charge >= 0.3 is 0 Å². The number of hydrogen-bond donors (Lipinski definition) is 1. The van der Waals surface area contributed by atoms with Crippen LogP contribution in [-0.4, -0.2) is 47.1 Å².